The van der Waals surface area contributed by atoms with Gasteiger partial charge in [-0.3, -0.25) is 4.90 Å². The van der Waals surface area contributed by atoms with E-state index in [0.717, 1.165) is 10.1 Å². The lowest BCUT2D eigenvalue weighted by atomic mass is 10.2. The number of ether oxygens (including phenoxy) is 1. The average Bonchev–Trinajstić information content (AvgIpc) is 3.26. The van der Waals surface area contributed by atoms with Crippen LogP contribution in [0.25, 0.3) is 5.52 Å². The quantitative estimate of drug-likeness (QED) is 0.184. The van der Waals surface area contributed by atoms with Crippen molar-refractivity contribution < 1.29 is 14.5 Å². The Balaban J connectivity index is 2.12. The van der Waals surface area contributed by atoms with Gasteiger partial charge < -0.3 is 20.2 Å². The van der Waals surface area contributed by atoms with Gasteiger partial charge in [-0.1, -0.05) is 47.5 Å². The number of nitrogens with one attached hydrogen (secondary N) is 1. The summed E-state index contributed by atoms with van der Waals surface area (Å²) in [7, 11) is 0. The van der Waals surface area contributed by atoms with Gasteiger partial charge in [-0.15, -0.1) is 0 Å². The third-order valence-corrected chi connectivity index (χ3v) is 4.80. The monoisotopic (exact) mass is 501 g/mol. The number of benzene rings is 1. The van der Waals surface area contributed by atoms with Gasteiger partial charge >= 0.3 is 11.9 Å². The minimum atomic E-state index is -0.793. The van der Waals surface area contributed by atoms with Crippen molar-refractivity contribution >= 4 is 29.2 Å². The van der Waals surface area contributed by atoms with Crippen LogP contribution in [0.4, 0.5) is 22.4 Å². The van der Waals surface area contributed by atoms with Crippen LogP contribution < -0.4 is 10.2 Å². The highest BCUT2D eigenvalue weighted by atomic mass is 16.6. The highest BCUT2D eigenvalue weighted by molar-refractivity contribution is 5.92. The second-order valence-electron chi connectivity index (χ2n) is 9.03. The van der Waals surface area contributed by atoms with E-state index in [9.17, 15) is 14.9 Å². The van der Waals surface area contributed by atoms with E-state index in [2.05, 4.69) is 22.0 Å². The molecule has 2 aromatic heterocycles. The number of hydrogen-bond donors (Lipinski definition) is 1. The molecule has 0 aliphatic heterocycles. The summed E-state index contributed by atoms with van der Waals surface area (Å²) in [6.07, 6.45) is 4.13. The first kappa shape index (κ1) is 26.6. The molecule has 0 fully saturated rings. The van der Waals surface area contributed by atoms with E-state index in [1.807, 2.05) is 36.4 Å². The lowest BCUT2D eigenvalue weighted by Crippen LogP contribution is -2.37. The van der Waals surface area contributed by atoms with Crippen molar-refractivity contribution in [2.75, 3.05) is 10.2 Å². The summed E-state index contributed by atoms with van der Waals surface area (Å²) >= 11 is 0. The number of allylic oxidation sites excluding steroid dienone is 4. The summed E-state index contributed by atoms with van der Waals surface area (Å²) in [5.74, 6) is -0.223. The molecule has 0 radical (unpaired) electrons. The molecule has 0 saturated carbocycles. The average molecular weight is 502 g/mol. The number of rotatable bonds is 8. The highest BCUT2D eigenvalue weighted by Crippen LogP contribution is 2.29. The molecule has 2 heterocycles. The molecule has 0 unspecified atom stereocenters. The summed E-state index contributed by atoms with van der Waals surface area (Å²) in [5, 5.41) is 27.7. The molecular weight excluding hydrogens is 474 g/mol. The third-order valence-electron chi connectivity index (χ3n) is 4.80. The zero-order valence-electron chi connectivity index (χ0n) is 21.0. The second kappa shape index (κ2) is 11.2. The number of carbonyl (C=O) groups excluding carboxylic acids is 1. The minimum Gasteiger partial charge on any atom is -0.443 e. The van der Waals surface area contributed by atoms with Gasteiger partial charge in [-0.2, -0.15) is 10.2 Å². The fourth-order valence-corrected chi connectivity index (χ4v) is 3.20. The summed E-state index contributed by atoms with van der Waals surface area (Å²) in [6, 6.07) is 14.0. The van der Waals surface area contributed by atoms with Crippen molar-refractivity contribution in [1.29, 1.82) is 5.26 Å². The molecule has 0 spiro atoms. The van der Waals surface area contributed by atoms with E-state index < -0.39 is 16.6 Å². The van der Waals surface area contributed by atoms with Gasteiger partial charge in [0.25, 0.3) is 5.95 Å². The molecule has 0 bridgehead atoms. The molecule has 0 atom stereocenters. The Bertz CT molecular complexity index is 1430. The summed E-state index contributed by atoms with van der Waals surface area (Å²) in [5.41, 5.74) is 1.11. The minimum absolute atomic E-state index is 0.0287. The SMILES string of the molecule is C=C(/C=C\C=C(/C)C#N)Nc1nc(N(Cc2ccccc2)C(=O)OC(C)(C)C)c2ccc([N+](=O)[O-])n2n1. The lowest BCUT2D eigenvalue weighted by Gasteiger charge is -2.27. The maximum absolute atomic E-state index is 13.3. The van der Waals surface area contributed by atoms with Crippen molar-refractivity contribution in [1.82, 2.24) is 14.6 Å². The molecule has 11 nitrogen and oxygen atoms in total. The zero-order chi connectivity index (χ0) is 27.2. The van der Waals surface area contributed by atoms with Gasteiger partial charge in [-0.05, 0) is 61.5 Å². The van der Waals surface area contributed by atoms with Crippen molar-refractivity contribution in [3.05, 3.63) is 94.2 Å². The molecular formula is C26H27N7O4. The Morgan fingerprint density at radius 3 is 2.62 bits per heavy atom. The molecule has 1 aromatic carbocycles. The maximum Gasteiger partial charge on any atom is 0.416 e. The zero-order valence-corrected chi connectivity index (χ0v) is 21.0. The Morgan fingerprint density at radius 2 is 2.00 bits per heavy atom. The molecule has 0 aliphatic rings. The van der Waals surface area contributed by atoms with Crippen molar-refractivity contribution in [2.45, 2.75) is 39.8 Å². The number of aromatic nitrogens is 3. The fourth-order valence-electron chi connectivity index (χ4n) is 3.20. The highest BCUT2D eigenvalue weighted by Gasteiger charge is 2.30. The van der Waals surface area contributed by atoms with Gasteiger partial charge in [-0.25, -0.2) is 4.79 Å². The van der Waals surface area contributed by atoms with Crippen LogP contribution in [0.15, 0.2) is 78.5 Å². The van der Waals surface area contributed by atoms with Crippen molar-refractivity contribution in [3.63, 3.8) is 0 Å². The summed E-state index contributed by atoms with van der Waals surface area (Å²) in [4.78, 5) is 30.3. The lowest BCUT2D eigenvalue weighted by molar-refractivity contribution is -0.390. The van der Waals surface area contributed by atoms with Crippen molar-refractivity contribution in [3.8, 4) is 6.07 Å². The first-order valence-corrected chi connectivity index (χ1v) is 11.3. The molecule has 37 heavy (non-hydrogen) atoms. The standard InChI is InChI=1S/C26H27N7O4/c1-18(16-27)10-9-11-19(2)28-24-29-23(21-14-15-22(33(35)36)32(21)30-24)31(25(34)37-26(3,4)5)17-20-12-7-6-8-13-20/h6-15H,2,17H2,1,3-5H3,(H,28,30)/b11-9-,18-10+. The predicted molar refractivity (Wildman–Crippen MR) is 140 cm³/mol. The van der Waals surface area contributed by atoms with E-state index in [0.29, 0.717) is 11.3 Å². The predicted octanol–water partition coefficient (Wildman–Crippen LogP) is 5.53. The number of nitriles is 1. The number of anilines is 2. The van der Waals surface area contributed by atoms with Crippen molar-refractivity contribution in [2.24, 2.45) is 0 Å². The van der Waals surface area contributed by atoms with Crippen LogP contribution in [-0.2, 0) is 11.3 Å². The smallest absolute Gasteiger partial charge is 0.416 e. The number of nitrogens with zero attached hydrogens (tertiary/aromatic N) is 6. The van der Waals surface area contributed by atoms with Crippen LogP contribution in [0.2, 0.25) is 0 Å². The molecule has 3 rings (SSSR count). The van der Waals surface area contributed by atoms with E-state index in [4.69, 9.17) is 10.00 Å². The number of hydrogen-bond acceptors (Lipinski definition) is 8. The third kappa shape index (κ3) is 7.02. The molecule has 3 aromatic rings. The van der Waals surface area contributed by atoms with Gasteiger partial charge in [0, 0.05) is 17.3 Å². The Kier molecular flexibility index (Phi) is 8.04. The maximum atomic E-state index is 13.3. The molecule has 1 N–H and O–H groups in total. The van der Waals surface area contributed by atoms with Gasteiger partial charge in [0.2, 0.25) is 0 Å². The molecule has 0 aliphatic carbocycles. The van der Waals surface area contributed by atoms with Crippen LogP contribution in [0.5, 0.6) is 0 Å². The molecule has 1 amide bonds. The summed E-state index contributed by atoms with van der Waals surface area (Å²) in [6.45, 7) is 10.9. The van der Waals surface area contributed by atoms with Gasteiger partial charge in [0.15, 0.2) is 11.3 Å². The van der Waals surface area contributed by atoms with Crippen LogP contribution in [0.3, 0.4) is 0 Å². The normalized spacial score (nSPS) is 11.8. The van der Waals surface area contributed by atoms with E-state index in [1.165, 1.54) is 17.0 Å². The summed E-state index contributed by atoms with van der Waals surface area (Å²) < 4.78 is 6.74. The van der Waals surface area contributed by atoms with Crippen LogP contribution in [0, 0.1) is 21.4 Å². The number of amides is 1. The number of fused-ring (bicyclic) bond motifs is 1. The van der Waals surface area contributed by atoms with E-state index in [-0.39, 0.29) is 29.6 Å². The number of nitro groups is 1. The molecule has 0 saturated heterocycles. The fraction of sp³-hybridized carbons (Fsp3) is 0.231. The van der Waals surface area contributed by atoms with E-state index in [1.54, 1.807) is 45.9 Å². The first-order chi connectivity index (χ1) is 17.5. The molecule has 11 heteroatoms. The Hall–Kier alpha value is -4.98. The Labute approximate surface area is 214 Å². The van der Waals surface area contributed by atoms with Crippen LogP contribution >= 0.6 is 0 Å². The number of carbonyl (C=O) groups is 1. The van der Waals surface area contributed by atoms with E-state index >= 15 is 0 Å². The first-order valence-electron chi connectivity index (χ1n) is 11.3. The Morgan fingerprint density at radius 1 is 1.30 bits per heavy atom. The second-order valence-corrected chi connectivity index (χ2v) is 9.03. The van der Waals surface area contributed by atoms with Gasteiger partial charge in [0.05, 0.1) is 12.6 Å². The molecule has 190 valence electrons. The topological polar surface area (TPSA) is 139 Å². The van der Waals surface area contributed by atoms with Crippen LogP contribution in [-0.4, -0.2) is 31.2 Å². The van der Waals surface area contributed by atoms with Gasteiger partial charge in [0.1, 0.15) is 5.60 Å². The largest absolute Gasteiger partial charge is 0.443 e. The van der Waals surface area contributed by atoms with Crippen LogP contribution in [0.1, 0.15) is 33.3 Å².